The van der Waals surface area contributed by atoms with E-state index in [4.69, 9.17) is 5.11 Å². The molecule has 1 saturated heterocycles. The summed E-state index contributed by atoms with van der Waals surface area (Å²) in [6.45, 7) is 5.52. The molecule has 0 aromatic carbocycles. The maximum atomic E-state index is 11.0. The lowest BCUT2D eigenvalue weighted by Crippen LogP contribution is -2.39. The predicted molar refractivity (Wildman–Crippen MR) is 68.7 cm³/mol. The fourth-order valence-electron chi connectivity index (χ4n) is 2.20. The summed E-state index contributed by atoms with van der Waals surface area (Å²) in [5.41, 5.74) is 0.998. The van der Waals surface area contributed by atoms with Crippen LogP contribution in [0.25, 0.3) is 0 Å². The maximum Gasteiger partial charge on any atom is 0.308 e. The molecule has 1 unspecified atom stereocenters. The van der Waals surface area contributed by atoms with Gasteiger partial charge in [0.2, 0.25) is 5.95 Å². The van der Waals surface area contributed by atoms with E-state index in [1.54, 1.807) is 6.20 Å². The lowest BCUT2D eigenvalue weighted by molar-refractivity contribution is -0.141. The topological polar surface area (TPSA) is 66.3 Å². The average Bonchev–Trinajstić information content (AvgIpc) is 2.39. The second kappa shape index (κ2) is 5.33. The third-order valence-corrected chi connectivity index (χ3v) is 3.31. The Kier molecular flexibility index (Phi) is 3.79. The van der Waals surface area contributed by atoms with Crippen molar-refractivity contribution in [1.82, 2.24) is 9.97 Å². The molecule has 0 aliphatic carbocycles. The van der Waals surface area contributed by atoms with E-state index in [1.165, 1.54) is 0 Å². The van der Waals surface area contributed by atoms with Crippen molar-refractivity contribution in [2.24, 2.45) is 5.92 Å². The van der Waals surface area contributed by atoms with E-state index in [1.807, 2.05) is 11.0 Å². The monoisotopic (exact) mass is 249 g/mol. The summed E-state index contributed by atoms with van der Waals surface area (Å²) in [5, 5.41) is 9.08. The van der Waals surface area contributed by atoms with Crippen LogP contribution in [0.5, 0.6) is 0 Å². The van der Waals surface area contributed by atoms with Gasteiger partial charge in [-0.1, -0.05) is 13.8 Å². The number of carbonyl (C=O) groups is 1. The molecular formula is C13H19N3O2. The smallest absolute Gasteiger partial charge is 0.308 e. The minimum Gasteiger partial charge on any atom is -0.481 e. The fourth-order valence-corrected chi connectivity index (χ4v) is 2.20. The zero-order valence-electron chi connectivity index (χ0n) is 10.8. The molecule has 2 heterocycles. The van der Waals surface area contributed by atoms with Crippen molar-refractivity contribution in [1.29, 1.82) is 0 Å². The number of carboxylic acid groups (broad SMARTS) is 1. The average molecular weight is 249 g/mol. The highest BCUT2D eigenvalue weighted by Crippen LogP contribution is 2.21. The van der Waals surface area contributed by atoms with Crippen molar-refractivity contribution >= 4 is 11.9 Å². The van der Waals surface area contributed by atoms with Crippen molar-refractivity contribution in [3.8, 4) is 0 Å². The molecular weight excluding hydrogens is 230 g/mol. The number of rotatable bonds is 3. The zero-order chi connectivity index (χ0) is 13.1. The van der Waals surface area contributed by atoms with Crippen LogP contribution >= 0.6 is 0 Å². The van der Waals surface area contributed by atoms with E-state index in [-0.39, 0.29) is 5.92 Å². The van der Waals surface area contributed by atoms with Gasteiger partial charge in [-0.3, -0.25) is 4.79 Å². The molecule has 0 saturated carbocycles. The van der Waals surface area contributed by atoms with Gasteiger partial charge >= 0.3 is 5.97 Å². The molecule has 1 aliphatic rings. The second-order valence-corrected chi connectivity index (χ2v) is 5.06. The molecule has 1 fully saturated rings. The van der Waals surface area contributed by atoms with Crippen LogP contribution in [0.4, 0.5) is 5.95 Å². The maximum absolute atomic E-state index is 11.0. The predicted octanol–water partition coefficient (Wildman–Crippen LogP) is 1.90. The number of hydrogen-bond acceptors (Lipinski definition) is 4. The number of aromatic nitrogens is 2. The molecule has 2 rings (SSSR count). The third kappa shape index (κ3) is 2.78. The Hall–Kier alpha value is -1.65. The number of aliphatic carboxylic acids is 1. The van der Waals surface area contributed by atoms with Gasteiger partial charge in [-0.25, -0.2) is 9.97 Å². The second-order valence-electron chi connectivity index (χ2n) is 5.06. The highest BCUT2D eigenvalue weighted by molar-refractivity contribution is 5.71. The molecule has 1 aromatic heterocycles. The standard InChI is InChI=1S/C13H19N3O2/c1-9(2)11-5-6-14-13(15-11)16-7-3-4-10(8-16)12(17)18/h5-6,9-10H,3-4,7-8H2,1-2H3,(H,17,18). The van der Waals surface area contributed by atoms with Crippen LogP contribution in [0.1, 0.15) is 38.3 Å². The molecule has 5 heteroatoms. The van der Waals surface area contributed by atoms with Crippen LogP contribution < -0.4 is 4.90 Å². The number of nitrogens with zero attached hydrogens (tertiary/aromatic N) is 3. The van der Waals surface area contributed by atoms with Gasteiger partial charge in [-0.15, -0.1) is 0 Å². The lowest BCUT2D eigenvalue weighted by atomic mass is 9.99. The van der Waals surface area contributed by atoms with Gasteiger partial charge < -0.3 is 10.0 Å². The summed E-state index contributed by atoms with van der Waals surface area (Å²) in [4.78, 5) is 21.8. The van der Waals surface area contributed by atoms with Crippen molar-refractivity contribution in [3.63, 3.8) is 0 Å². The molecule has 5 nitrogen and oxygen atoms in total. The summed E-state index contributed by atoms with van der Waals surface area (Å²) in [7, 11) is 0. The minimum absolute atomic E-state index is 0.301. The van der Waals surface area contributed by atoms with Crippen molar-refractivity contribution in [3.05, 3.63) is 18.0 Å². The molecule has 1 aliphatic heterocycles. The molecule has 0 spiro atoms. The molecule has 1 atom stereocenters. The first-order chi connectivity index (χ1) is 8.58. The van der Waals surface area contributed by atoms with E-state index in [9.17, 15) is 4.79 Å². The van der Waals surface area contributed by atoms with Gasteiger partial charge in [-0.05, 0) is 24.8 Å². The van der Waals surface area contributed by atoms with Crippen molar-refractivity contribution in [2.75, 3.05) is 18.0 Å². The molecule has 0 bridgehead atoms. The number of anilines is 1. The fraction of sp³-hybridized carbons (Fsp3) is 0.615. The summed E-state index contributed by atoms with van der Waals surface area (Å²) in [5.74, 6) is -0.0104. The first-order valence-electron chi connectivity index (χ1n) is 6.38. The van der Waals surface area contributed by atoms with Crippen LogP contribution in [0.2, 0.25) is 0 Å². The minimum atomic E-state index is -0.722. The SMILES string of the molecule is CC(C)c1ccnc(N2CCCC(C(=O)O)C2)n1. The largest absolute Gasteiger partial charge is 0.481 e. The van der Waals surface area contributed by atoms with Crippen LogP contribution in [-0.2, 0) is 4.79 Å². The van der Waals surface area contributed by atoms with Gasteiger partial charge in [0, 0.05) is 25.0 Å². The highest BCUT2D eigenvalue weighted by atomic mass is 16.4. The number of piperidine rings is 1. The molecule has 18 heavy (non-hydrogen) atoms. The lowest BCUT2D eigenvalue weighted by Gasteiger charge is -2.30. The van der Waals surface area contributed by atoms with Crippen LogP contribution in [-0.4, -0.2) is 34.1 Å². The van der Waals surface area contributed by atoms with Crippen LogP contribution in [0.15, 0.2) is 12.3 Å². The molecule has 98 valence electrons. The van der Waals surface area contributed by atoms with Crippen molar-refractivity contribution < 1.29 is 9.90 Å². The molecule has 1 aromatic rings. The zero-order valence-corrected chi connectivity index (χ0v) is 10.8. The van der Waals surface area contributed by atoms with Crippen LogP contribution in [0, 0.1) is 5.92 Å². The summed E-state index contributed by atoms with van der Waals surface area (Å²) >= 11 is 0. The van der Waals surface area contributed by atoms with E-state index >= 15 is 0 Å². The molecule has 1 N–H and O–H groups in total. The third-order valence-electron chi connectivity index (χ3n) is 3.31. The Balaban J connectivity index is 2.15. The summed E-state index contributed by atoms with van der Waals surface area (Å²) in [6, 6.07) is 1.91. The number of hydrogen-bond donors (Lipinski definition) is 1. The first-order valence-corrected chi connectivity index (χ1v) is 6.38. The van der Waals surface area contributed by atoms with Gasteiger partial charge in [-0.2, -0.15) is 0 Å². The van der Waals surface area contributed by atoms with Gasteiger partial charge in [0.05, 0.1) is 5.92 Å². The number of carboxylic acids is 1. The summed E-state index contributed by atoms with van der Waals surface area (Å²) < 4.78 is 0. The highest BCUT2D eigenvalue weighted by Gasteiger charge is 2.26. The Morgan fingerprint density at radius 1 is 1.56 bits per heavy atom. The van der Waals surface area contributed by atoms with E-state index < -0.39 is 5.97 Å². The van der Waals surface area contributed by atoms with Crippen molar-refractivity contribution in [2.45, 2.75) is 32.6 Å². The van der Waals surface area contributed by atoms with E-state index in [2.05, 4.69) is 23.8 Å². The van der Waals surface area contributed by atoms with Gasteiger partial charge in [0.15, 0.2) is 0 Å². The Bertz CT molecular complexity index is 434. The van der Waals surface area contributed by atoms with Crippen LogP contribution in [0.3, 0.4) is 0 Å². The molecule has 0 amide bonds. The first kappa shape index (κ1) is 12.8. The van der Waals surface area contributed by atoms with Gasteiger partial charge in [0.1, 0.15) is 0 Å². The Morgan fingerprint density at radius 2 is 2.33 bits per heavy atom. The Morgan fingerprint density at radius 3 is 3.00 bits per heavy atom. The van der Waals surface area contributed by atoms with Gasteiger partial charge in [0.25, 0.3) is 0 Å². The van der Waals surface area contributed by atoms with E-state index in [0.717, 1.165) is 25.1 Å². The Labute approximate surface area is 107 Å². The molecule has 0 radical (unpaired) electrons. The quantitative estimate of drug-likeness (QED) is 0.886. The summed E-state index contributed by atoms with van der Waals surface area (Å²) in [6.07, 6.45) is 3.38. The van der Waals surface area contributed by atoms with E-state index in [0.29, 0.717) is 18.4 Å². The normalized spacial score (nSPS) is 20.2.